The second-order valence-electron chi connectivity index (χ2n) is 6.91. The Balaban J connectivity index is 1.94. The van der Waals surface area contributed by atoms with Crippen LogP contribution in [-0.4, -0.2) is 35.9 Å². The van der Waals surface area contributed by atoms with Crippen molar-refractivity contribution in [1.82, 2.24) is 4.90 Å². The number of carbonyl (C=O) groups is 2. The van der Waals surface area contributed by atoms with Gasteiger partial charge in [0.2, 0.25) is 5.91 Å². The lowest BCUT2D eigenvalue weighted by atomic mass is 9.93. The first-order valence-electron chi connectivity index (χ1n) is 8.79. The molecular formula is C19H28N2O3. The fraction of sp³-hybridized carbons (Fsp3) is 0.579. The molecule has 0 atom stereocenters. The van der Waals surface area contributed by atoms with Gasteiger partial charge in [0.25, 0.3) is 5.91 Å². The smallest absolute Gasteiger partial charge is 0.260 e. The maximum absolute atomic E-state index is 12.7. The molecule has 0 saturated heterocycles. The zero-order valence-corrected chi connectivity index (χ0v) is 14.7. The summed E-state index contributed by atoms with van der Waals surface area (Å²) >= 11 is 0. The van der Waals surface area contributed by atoms with Gasteiger partial charge in [-0.15, -0.1) is 0 Å². The zero-order valence-electron chi connectivity index (χ0n) is 14.7. The molecule has 0 aliphatic heterocycles. The Hall–Kier alpha value is -2.04. The molecule has 1 aromatic rings. The van der Waals surface area contributed by atoms with E-state index in [0.29, 0.717) is 23.3 Å². The van der Waals surface area contributed by atoms with Crippen molar-refractivity contribution in [3.63, 3.8) is 0 Å². The predicted octanol–water partition coefficient (Wildman–Crippen LogP) is 2.98. The Kier molecular flexibility index (Phi) is 6.64. The fourth-order valence-corrected chi connectivity index (χ4v) is 3.18. The van der Waals surface area contributed by atoms with Gasteiger partial charge in [-0.3, -0.25) is 9.59 Å². The molecule has 0 heterocycles. The number of ether oxygens (including phenoxy) is 1. The number of benzene rings is 1. The van der Waals surface area contributed by atoms with Crippen LogP contribution >= 0.6 is 0 Å². The molecule has 132 valence electrons. The topological polar surface area (TPSA) is 72.6 Å². The van der Waals surface area contributed by atoms with Gasteiger partial charge in [-0.1, -0.05) is 33.1 Å². The van der Waals surface area contributed by atoms with E-state index in [0.717, 1.165) is 19.4 Å². The van der Waals surface area contributed by atoms with E-state index in [4.69, 9.17) is 10.5 Å². The van der Waals surface area contributed by atoms with Gasteiger partial charge in [-0.25, -0.2) is 0 Å². The van der Waals surface area contributed by atoms with E-state index in [2.05, 4.69) is 13.8 Å². The molecule has 0 aromatic heterocycles. The van der Waals surface area contributed by atoms with Crippen molar-refractivity contribution in [1.29, 1.82) is 0 Å². The van der Waals surface area contributed by atoms with Crippen molar-refractivity contribution in [3.8, 4) is 5.75 Å². The minimum Gasteiger partial charge on any atom is -0.484 e. The molecule has 0 spiro atoms. The Morgan fingerprint density at radius 3 is 2.33 bits per heavy atom. The highest BCUT2D eigenvalue weighted by Crippen LogP contribution is 2.24. The van der Waals surface area contributed by atoms with Crippen LogP contribution in [0.1, 0.15) is 56.3 Å². The van der Waals surface area contributed by atoms with E-state index in [-0.39, 0.29) is 12.5 Å². The highest BCUT2D eigenvalue weighted by Gasteiger charge is 2.26. The van der Waals surface area contributed by atoms with Gasteiger partial charge in [0.05, 0.1) is 0 Å². The van der Waals surface area contributed by atoms with Crippen molar-refractivity contribution in [2.45, 2.75) is 52.0 Å². The molecule has 5 heteroatoms. The molecule has 2 amide bonds. The Bertz CT molecular complexity index is 548. The van der Waals surface area contributed by atoms with Crippen LogP contribution in [0.15, 0.2) is 24.3 Å². The number of nitrogens with zero attached hydrogens (tertiary/aromatic N) is 1. The van der Waals surface area contributed by atoms with E-state index in [1.165, 1.54) is 19.3 Å². The quantitative estimate of drug-likeness (QED) is 0.834. The Morgan fingerprint density at radius 2 is 1.79 bits per heavy atom. The van der Waals surface area contributed by atoms with E-state index >= 15 is 0 Å². The Morgan fingerprint density at radius 1 is 1.17 bits per heavy atom. The van der Waals surface area contributed by atoms with Crippen LogP contribution < -0.4 is 10.5 Å². The SMILES string of the molecule is CC(C)CN(C(=O)COc1ccc(C(N)=O)cc1)C1CCCCC1. The van der Waals surface area contributed by atoms with Crippen molar-refractivity contribution >= 4 is 11.8 Å². The minimum atomic E-state index is -0.474. The van der Waals surface area contributed by atoms with Gasteiger partial charge in [0.1, 0.15) is 5.75 Å². The Labute approximate surface area is 144 Å². The van der Waals surface area contributed by atoms with Crippen molar-refractivity contribution < 1.29 is 14.3 Å². The number of hydrogen-bond acceptors (Lipinski definition) is 3. The van der Waals surface area contributed by atoms with Crippen molar-refractivity contribution in [3.05, 3.63) is 29.8 Å². The number of amides is 2. The lowest BCUT2D eigenvalue weighted by Gasteiger charge is -2.35. The highest BCUT2D eigenvalue weighted by molar-refractivity contribution is 5.92. The lowest BCUT2D eigenvalue weighted by Crippen LogP contribution is -2.45. The number of rotatable bonds is 7. The second-order valence-corrected chi connectivity index (χ2v) is 6.91. The molecule has 24 heavy (non-hydrogen) atoms. The predicted molar refractivity (Wildman–Crippen MR) is 93.9 cm³/mol. The molecule has 1 aromatic carbocycles. The molecule has 0 bridgehead atoms. The largest absolute Gasteiger partial charge is 0.484 e. The van der Waals surface area contributed by atoms with Gasteiger partial charge in [0, 0.05) is 18.2 Å². The van der Waals surface area contributed by atoms with Crippen LogP contribution in [0.3, 0.4) is 0 Å². The number of nitrogens with two attached hydrogens (primary N) is 1. The van der Waals surface area contributed by atoms with Crippen LogP contribution in [0.25, 0.3) is 0 Å². The number of hydrogen-bond donors (Lipinski definition) is 1. The van der Waals surface area contributed by atoms with Gasteiger partial charge < -0.3 is 15.4 Å². The molecule has 1 fully saturated rings. The molecule has 1 aliphatic rings. The average Bonchev–Trinajstić information content (AvgIpc) is 2.58. The van der Waals surface area contributed by atoms with Crippen LogP contribution in [0, 0.1) is 5.92 Å². The van der Waals surface area contributed by atoms with Crippen LogP contribution in [-0.2, 0) is 4.79 Å². The van der Waals surface area contributed by atoms with Crippen LogP contribution in [0.5, 0.6) is 5.75 Å². The van der Waals surface area contributed by atoms with E-state index < -0.39 is 5.91 Å². The van der Waals surface area contributed by atoms with E-state index in [1.54, 1.807) is 24.3 Å². The molecular weight excluding hydrogens is 304 g/mol. The molecule has 2 rings (SSSR count). The normalized spacial score (nSPS) is 15.3. The molecule has 1 aliphatic carbocycles. The first kappa shape index (κ1) is 18.3. The van der Waals surface area contributed by atoms with Gasteiger partial charge in [-0.2, -0.15) is 0 Å². The summed E-state index contributed by atoms with van der Waals surface area (Å²) in [5, 5.41) is 0. The molecule has 2 N–H and O–H groups in total. The third-order valence-corrected chi connectivity index (χ3v) is 4.40. The summed E-state index contributed by atoms with van der Waals surface area (Å²) in [7, 11) is 0. The van der Waals surface area contributed by atoms with E-state index in [9.17, 15) is 9.59 Å². The summed E-state index contributed by atoms with van der Waals surface area (Å²) in [6.07, 6.45) is 5.84. The second kappa shape index (κ2) is 8.71. The van der Waals surface area contributed by atoms with Crippen molar-refractivity contribution in [2.75, 3.05) is 13.2 Å². The summed E-state index contributed by atoms with van der Waals surface area (Å²) in [5.74, 6) is 0.569. The van der Waals surface area contributed by atoms with Crippen LogP contribution in [0.4, 0.5) is 0 Å². The summed E-state index contributed by atoms with van der Waals surface area (Å²) in [5.41, 5.74) is 5.64. The first-order valence-corrected chi connectivity index (χ1v) is 8.79. The van der Waals surface area contributed by atoms with Gasteiger partial charge >= 0.3 is 0 Å². The van der Waals surface area contributed by atoms with Gasteiger partial charge in [-0.05, 0) is 43.0 Å². The maximum atomic E-state index is 12.7. The summed E-state index contributed by atoms with van der Waals surface area (Å²) in [4.78, 5) is 25.7. The summed E-state index contributed by atoms with van der Waals surface area (Å²) in [6, 6.07) is 6.89. The first-order chi connectivity index (χ1) is 11.5. The third kappa shape index (κ3) is 5.25. The summed E-state index contributed by atoms with van der Waals surface area (Å²) < 4.78 is 5.61. The van der Waals surface area contributed by atoms with Crippen LogP contribution in [0.2, 0.25) is 0 Å². The monoisotopic (exact) mass is 332 g/mol. The molecule has 1 saturated carbocycles. The molecule has 5 nitrogen and oxygen atoms in total. The number of carbonyl (C=O) groups excluding carboxylic acids is 2. The van der Waals surface area contributed by atoms with Crippen molar-refractivity contribution in [2.24, 2.45) is 11.7 Å². The number of primary amides is 1. The maximum Gasteiger partial charge on any atom is 0.260 e. The average molecular weight is 332 g/mol. The molecule has 0 radical (unpaired) electrons. The van der Waals surface area contributed by atoms with E-state index in [1.807, 2.05) is 4.90 Å². The minimum absolute atomic E-state index is 0.0269. The standard InChI is InChI=1S/C19H28N2O3/c1-14(2)12-21(16-6-4-3-5-7-16)18(22)13-24-17-10-8-15(9-11-17)19(20)23/h8-11,14,16H,3-7,12-13H2,1-2H3,(H2,20,23). The van der Waals surface area contributed by atoms with Gasteiger partial charge in [0.15, 0.2) is 6.61 Å². The lowest BCUT2D eigenvalue weighted by molar-refractivity contribution is -0.137. The third-order valence-electron chi connectivity index (χ3n) is 4.40. The fourth-order valence-electron chi connectivity index (χ4n) is 3.18. The molecule has 0 unspecified atom stereocenters. The highest BCUT2D eigenvalue weighted by atomic mass is 16.5. The zero-order chi connectivity index (χ0) is 17.5. The summed E-state index contributed by atoms with van der Waals surface area (Å²) in [6.45, 7) is 5.06.